The zero-order valence-electron chi connectivity index (χ0n) is 6.75. The third-order valence-electron chi connectivity index (χ3n) is 0.200. The van der Waals surface area contributed by atoms with Gasteiger partial charge in [0.1, 0.15) is 0 Å². The van der Waals surface area contributed by atoms with Gasteiger partial charge < -0.3 is 33.0 Å². The van der Waals surface area contributed by atoms with Crippen molar-refractivity contribution in [1.29, 1.82) is 0 Å². The van der Waals surface area contributed by atoms with E-state index in [0.717, 1.165) is 0 Å². The van der Waals surface area contributed by atoms with E-state index in [0.29, 0.717) is 0 Å². The Morgan fingerprint density at radius 2 is 0.917 bits per heavy atom. The molecule has 0 aromatic heterocycles. The molecule has 0 heterocycles. The van der Waals surface area contributed by atoms with Gasteiger partial charge in [0.25, 0.3) is 0 Å². The number of rotatable bonds is 2. The van der Waals surface area contributed by atoms with Crippen LogP contribution < -0.4 is 174 Å². The molecule has 0 saturated carbocycles. The fraction of sp³-hybridized carbons (Fsp3) is 0. The fourth-order valence-corrected chi connectivity index (χ4v) is 1.10. The molecule has 0 bridgehead atoms. The van der Waals surface area contributed by atoms with Gasteiger partial charge in [-0.3, -0.25) is 0 Å². The van der Waals surface area contributed by atoms with Crippen LogP contribution in [0.2, 0.25) is 0 Å². The molecule has 0 N–H and O–H groups in total. The van der Waals surface area contributed by atoms with E-state index < -0.39 is 15.6 Å². The molecular formula is K3O7P2-. The quantitative estimate of drug-likeness (QED) is 0.364. The van der Waals surface area contributed by atoms with Crippen LogP contribution in [0.25, 0.3) is 0 Å². The van der Waals surface area contributed by atoms with Crippen molar-refractivity contribution in [3.63, 3.8) is 0 Å². The number of phosphoric acid groups is 2. The predicted octanol–water partition coefficient (Wildman–Crippen LogP) is -12.3. The van der Waals surface area contributed by atoms with Gasteiger partial charge in [0.15, 0.2) is 0 Å². The molecule has 0 aromatic rings. The van der Waals surface area contributed by atoms with Gasteiger partial charge in [-0.1, -0.05) is 0 Å². The summed E-state index contributed by atoms with van der Waals surface area (Å²) in [6.07, 6.45) is 0. The van der Waals surface area contributed by atoms with Crippen LogP contribution >= 0.6 is 15.6 Å². The van der Waals surface area contributed by atoms with Crippen molar-refractivity contribution in [2.75, 3.05) is 0 Å². The molecule has 0 fully saturated rings. The monoisotopic (exact) mass is 291 g/mol. The van der Waals surface area contributed by atoms with Gasteiger partial charge in [0, 0.05) is 0 Å². The minimum absolute atomic E-state index is 0. The average Bonchev–Trinajstić information content (AvgIpc) is 1.14. The van der Waals surface area contributed by atoms with Gasteiger partial charge in [-0.05, 0) is 0 Å². The Hall–Kier alpha value is 5.17. The van der Waals surface area contributed by atoms with Gasteiger partial charge in [-0.15, -0.1) is 0 Å². The summed E-state index contributed by atoms with van der Waals surface area (Å²) in [5.41, 5.74) is 0. The largest absolute Gasteiger partial charge is 1.00 e. The Morgan fingerprint density at radius 3 is 0.917 bits per heavy atom. The molecule has 12 heteroatoms. The summed E-state index contributed by atoms with van der Waals surface area (Å²) in [5.74, 6) is 0. The minimum atomic E-state index is -5.68. The fourth-order valence-electron chi connectivity index (χ4n) is 0.122. The molecule has 0 rings (SSSR count). The first-order valence-corrected chi connectivity index (χ1v) is 4.38. The van der Waals surface area contributed by atoms with Crippen molar-refractivity contribution in [3.05, 3.63) is 0 Å². The van der Waals surface area contributed by atoms with Crippen molar-refractivity contribution < 1.29 is 187 Å². The van der Waals surface area contributed by atoms with E-state index in [-0.39, 0.29) is 154 Å². The van der Waals surface area contributed by atoms with Crippen molar-refractivity contribution >= 4 is 15.6 Å². The Balaban J connectivity index is -0.000000107. The molecule has 0 aliphatic carbocycles. The van der Waals surface area contributed by atoms with Crippen LogP contribution in [0.4, 0.5) is 0 Å². The first-order chi connectivity index (χ1) is 3.71. The van der Waals surface area contributed by atoms with Crippen LogP contribution in [0.1, 0.15) is 0 Å². The first-order valence-electron chi connectivity index (χ1n) is 1.46. The molecule has 7 nitrogen and oxygen atoms in total. The van der Waals surface area contributed by atoms with Crippen molar-refractivity contribution in [2.24, 2.45) is 0 Å². The molecule has 0 spiro atoms. The van der Waals surface area contributed by atoms with E-state index in [9.17, 15) is 28.7 Å². The van der Waals surface area contributed by atoms with Crippen LogP contribution in [0.15, 0.2) is 0 Å². The van der Waals surface area contributed by atoms with Crippen LogP contribution in [0, 0.1) is 0 Å². The van der Waals surface area contributed by atoms with Gasteiger partial charge in [0.2, 0.25) is 0 Å². The van der Waals surface area contributed by atoms with Crippen molar-refractivity contribution in [2.45, 2.75) is 0 Å². The van der Waals surface area contributed by atoms with E-state index in [1.54, 1.807) is 0 Å². The Labute approximate surface area is 197 Å². The molecule has 0 unspecified atom stereocenters. The Bertz CT molecular complexity index is 157. The van der Waals surface area contributed by atoms with Crippen LogP contribution in [0.3, 0.4) is 0 Å². The van der Waals surface area contributed by atoms with Gasteiger partial charge >= 0.3 is 154 Å². The maximum atomic E-state index is 9.32. The Kier molecular flexibility index (Phi) is 24.3. The molecule has 0 aliphatic rings. The molecular weight excluding hydrogens is 291 g/mol. The second kappa shape index (κ2) is 11.3. The number of hydrogen-bond acceptors (Lipinski definition) is 7. The third kappa shape index (κ3) is 24.4. The van der Waals surface area contributed by atoms with E-state index in [1.807, 2.05) is 0 Å². The summed E-state index contributed by atoms with van der Waals surface area (Å²) in [4.78, 5) is 37.3. The predicted molar refractivity (Wildman–Crippen MR) is 16.3 cm³/mol. The average molecular weight is 291 g/mol. The van der Waals surface area contributed by atoms with E-state index >= 15 is 0 Å². The van der Waals surface area contributed by atoms with Crippen molar-refractivity contribution in [3.8, 4) is 0 Å². The third-order valence-corrected chi connectivity index (χ3v) is 1.80. The normalized spacial score (nSPS) is 10.3. The van der Waals surface area contributed by atoms with E-state index in [2.05, 4.69) is 4.31 Å². The van der Waals surface area contributed by atoms with Crippen LogP contribution in [-0.4, -0.2) is 0 Å². The van der Waals surface area contributed by atoms with Crippen molar-refractivity contribution in [1.82, 2.24) is 0 Å². The zero-order chi connectivity index (χ0) is 7.71. The topological polar surface area (TPSA) is 136 Å². The molecule has 0 aromatic carbocycles. The molecule has 0 aliphatic heterocycles. The summed E-state index contributed by atoms with van der Waals surface area (Å²) in [7, 11) is -11.4. The second-order valence-corrected chi connectivity index (χ2v) is 3.42. The molecule has 0 amide bonds. The zero-order valence-corrected chi connectivity index (χ0v) is 17.9. The summed E-state index contributed by atoms with van der Waals surface area (Å²) in [6.45, 7) is 0. The summed E-state index contributed by atoms with van der Waals surface area (Å²) in [6, 6.07) is 0. The number of hydrogen-bond donors (Lipinski definition) is 0. The van der Waals surface area contributed by atoms with Gasteiger partial charge in [0.05, 0.1) is 15.6 Å². The first kappa shape index (κ1) is 25.9. The summed E-state index contributed by atoms with van der Waals surface area (Å²) < 4.78 is 21.2. The molecule has 56 valence electrons. The van der Waals surface area contributed by atoms with E-state index in [4.69, 9.17) is 0 Å². The summed E-state index contributed by atoms with van der Waals surface area (Å²) in [5, 5.41) is 0. The SMILES string of the molecule is O=P([O-])([O-])OP(=O)([O-])[O-].[K+].[K+].[K+]. The Morgan fingerprint density at radius 1 is 0.750 bits per heavy atom. The molecule has 0 radical (unpaired) electrons. The van der Waals surface area contributed by atoms with Gasteiger partial charge in [-0.2, -0.15) is 0 Å². The van der Waals surface area contributed by atoms with Crippen LogP contribution in [-0.2, 0) is 13.4 Å². The second-order valence-electron chi connectivity index (χ2n) is 0.976. The summed E-state index contributed by atoms with van der Waals surface area (Å²) >= 11 is 0. The maximum Gasteiger partial charge on any atom is 1.00 e. The molecule has 0 saturated heterocycles. The smallest absolute Gasteiger partial charge is 0.790 e. The van der Waals surface area contributed by atoms with Crippen LogP contribution in [0.5, 0.6) is 0 Å². The molecule has 12 heavy (non-hydrogen) atoms. The standard InChI is InChI=1S/3K.H4O7P2/c;;;1-8(2,3)7-9(4,5)6/h;;;(H2,1,2,3)(H2,4,5,6)/q3*+1;/p-4. The maximum absolute atomic E-state index is 9.32. The van der Waals surface area contributed by atoms with E-state index in [1.165, 1.54) is 0 Å². The minimum Gasteiger partial charge on any atom is -0.790 e. The van der Waals surface area contributed by atoms with Gasteiger partial charge in [-0.25, -0.2) is 0 Å². The molecule has 0 atom stereocenters.